The number of nitrogens with one attached hydrogen (secondary N) is 2. The molecule has 0 fully saturated rings. The number of amides is 1. The molecule has 11 nitrogen and oxygen atoms in total. The van der Waals surface area contributed by atoms with Crippen LogP contribution in [0.4, 0.5) is 16.3 Å². The van der Waals surface area contributed by atoms with Crippen molar-refractivity contribution in [3.05, 3.63) is 46.3 Å². The van der Waals surface area contributed by atoms with Gasteiger partial charge in [0.05, 0.1) is 17.6 Å². The number of anilines is 2. The molecule has 2 N–H and O–H groups in total. The van der Waals surface area contributed by atoms with Crippen LogP contribution in [0.15, 0.2) is 30.5 Å². The number of hydrogen-bond acceptors (Lipinski definition) is 8. The van der Waals surface area contributed by atoms with Gasteiger partial charge in [0.25, 0.3) is 0 Å². The maximum Gasteiger partial charge on any atom is 0.413 e. The molecule has 0 radical (unpaired) electrons. The fourth-order valence-corrected chi connectivity index (χ4v) is 3.66. The van der Waals surface area contributed by atoms with Crippen molar-refractivity contribution in [2.75, 3.05) is 16.3 Å². The number of aromatic nitrogens is 5. The van der Waals surface area contributed by atoms with Crippen LogP contribution < -0.4 is 10.0 Å². The van der Waals surface area contributed by atoms with E-state index in [9.17, 15) is 13.2 Å². The quantitative estimate of drug-likeness (QED) is 0.506. The van der Waals surface area contributed by atoms with Crippen LogP contribution in [-0.2, 0) is 21.8 Å². The summed E-state index contributed by atoms with van der Waals surface area (Å²) in [6.45, 7) is 1.65. The van der Waals surface area contributed by atoms with Crippen LogP contribution in [0.2, 0.25) is 10.3 Å². The molecular formula is C17H17Cl2N7O4S. The van der Waals surface area contributed by atoms with Gasteiger partial charge in [0.15, 0.2) is 16.7 Å². The lowest BCUT2D eigenvalue weighted by Crippen LogP contribution is -2.18. The van der Waals surface area contributed by atoms with Gasteiger partial charge in [0.2, 0.25) is 10.0 Å². The van der Waals surface area contributed by atoms with E-state index in [2.05, 4.69) is 30.3 Å². The number of carbonyl (C=O) groups is 1. The topological polar surface area (TPSA) is 141 Å². The fourth-order valence-electron chi connectivity index (χ4n) is 2.56. The van der Waals surface area contributed by atoms with Crippen LogP contribution >= 0.6 is 23.2 Å². The molecule has 0 aliphatic carbocycles. The lowest BCUT2D eigenvalue weighted by Gasteiger charge is -2.15. The average molecular weight is 486 g/mol. The van der Waals surface area contributed by atoms with Crippen LogP contribution in [0.3, 0.4) is 0 Å². The summed E-state index contributed by atoms with van der Waals surface area (Å²) in [7, 11) is -1.96. The lowest BCUT2D eigenvalue weighted by molar-refractivity contribution is 0.121. The van der Waals surface area contributed by atoms with E-state index >= 15 is 0 Å². The van der Waals surface area contributed by atoms with Gasteiger partial charge in [-0.05, 0) is 25.1 Å². The lowest BCUT2D eigenvalue weighted by atomic mass is 10.2. The molecule has 0 aliphatic heterocycles. The Morgan fingerprint density at radius 2 is 1.97 bits per heavy atom. The molecule has 1 amide bonds. The van der Waals surface area contributed by atoms with Crippen molar-refractivity contribution in [1.29, 1.82) is 0 Å². The van der Waals surface area contributed by atoms with E-state index in [0.717, 1.165) is 6.26 Å². The summed E-state index contributed by atoms with van der Waals surface area (Å²) >= 11 is 12.1. The van der Waals surface area contributed by atoms with Crippen molar-refractivity contribution in [3.8, 4) is 11.4 Å². The maximum absolute atomic E-state index is 12.4. The van der Waals surface area contributed by atoms with Crippen molar-refractivity contribution < 1.29 is 17.9 Å². The number of ether oxygens (including phenoxy) is 1. The molecule has 3 heterocycles. The van der Waals surface area contributed by atoms with Gasteiger partial charge in [0.1, 0.15) is 11.3 Å². The Balaban J connectivity index is 1.80. The Hall–Kier alpha value is -2.96. The first-order valence-electron chi connectivity index (χ1n) is 8.67. The first kappa shape index (κ1) is 22.7. The highest BCUT2D eigenvalue weighted by molar-refractivity contribution is 7.92. The van der Waals surface area contributed by atoms with E-state index in [1.54, 1.807) is 26.1 Å². The predicted octanol–water partition coefficient (Wildman–Crippen LogP) is 3.26. The van der Waals surface area contributed by atoms with Crippen molar-refractivity contribution in [1.82, 2.24) is 25.0 Å². The Bertz CT molecular complexity index is 1230. The van der Waals surface area contributed by atoms with E-state index < -0.39 is 22.2 Å². The fraction of sp³-hybridized carbons (Fsp3) is 0.235. The van der Waals surface area contributed by atoms with E-state index in [4.69, 9.17) is 27.9 Å². The van der Waals surface area contributed by atoms with E-state index in [0.29, 0.717) is 5.56 Å². The minimum absolute atomic E-state index is 0.0954. The minimum Gasteiger partial charge on any atom is -0.441 e. The highest BCUT2D eigenvalue weighted by Gasteiger charge is 2.21. The van der Waals surface area contributed by atoms with E-state index in [1.165, 1.54) is 23.0 Å². The summed E-state index contributed by atoms with van der Waals surface area (Å²) in [4.78, 5) is 20.5. The largest absolute Gasteiger partial charge is 0.441 e. The van der Waals surface area contributed by atoms with Crippen LogP contribution in [-0.4, -0.2) is 45.7 Å². The standard InChI is InChI=1S/C17H17Cl2N7O4S/c1-9(10-5-4-8-20-14(10)18)30-17(27)22-16-13(23-25-26(16)2)11-6-7-12(15(19)21-11)24-31(3,28)29/h4-9,24H,1-3H3,(H,22,27)/t9-/m1/s1. The number of carbonyl (C=O) groups excluding carboxylic acids is 1. The molecule has 0 bridgehead atoms. The third-order valence-corrected chi connectivity index (χ3v) is 5.14. The summed E-state index contributed by atoms with van der Waals surface area (Å²) < 4.78 is 31.7. The van der Waals surface area contributed by atoms with Gasteiger partial charge in [0, 0.05) is 18.8 Å². The monoisotopic (exact) mass is 485 g/mol. The third-order valence-electron chi connectivity index (χ3n) is 3.94. The number of halogens is 2. The van der Waals surface area contributed by atoms with Gasteiger partial charge < -0.3 is 4.74 Å². The summed E-state index contributed by atoms with van der Waals surface area (Å²) in [5, 5.41) is 10.6. The molecule has 31 heavy (non-hydrogen) atoms. The van der Waals surface area contributed by atoms with Crippen molar-refractivity contribution in [2.24, 2.45) is 7.05 Å². The van der Waals surface area contributed by atoms with E-state index in [1.807, 2.05) is 0 Å². The average Bonchev–Trinajstić information content (AvgIpc) is 3.03. The van der Waals surface area contributed by atoms with Gasteiger partial charge in [-0.1, -0.05) is 34.5 Å². The van der Waals surface area contributed by atoms with E-state index in [-0.39, 0.29) is 33.2 Å². The van der Waals surface area contributed by atoms with Crippen LogP contribution in [0.1, 0.15) is 18.6 Å². The zero-order chi connectivity index (χ0) is 22.8. The molecule has 3 aromatic heterocycles. The van der Waals surface area contributed by atoms with Crippen molar-refractivity contribution in [2.45, 2.75) is 13.0 Å². The van der Waals surface area contributed by atoms with Gasteiger partial charge in [-0.25, -0.2) is 27.9 Å². The Morgan fingerprint density at radius 1 is 1.23 bits per heavy atom. The second-order valence-electron chi connectivity index (χ2n) is 6.38. The molecule has 3 aromatic rings. The summed E-state index contributed by atoms with van der Waals surface area (Å²) in [6.07, 6.45) is 1.08. The van der Waals surface area contributed by atoms with Crippen LogP contribution in [0, 0.1) is 0 Å². The number of aryl methyl sites for hydroxylation is 1. The Morgan fingerprint density at radius 3 is 2.61 bits per heavy atom. The molecule has 1 atom stereocenters. The molecule has 0 saturated heterocycles. The molecule has 0 spiro atoms. The van der Waals surface area contributed by atoms with Gasteiger partial charge in [-0.2, -0.15) is 0 Å². The van der Waals surface area contributed by atoms with Gasteiger partial charge in [-0.3, -0.25) is 10.0 Å². The normalized spacial score (nSPS) is 12.3. The molecule has 164 valence electrons. The Labute approximate surface area is 187 Å². The maximum atomic E-state index is 12.4. The molecule has 0 unspecified atom stereocenters. The first-order valence-corrected chi connectivity index (χ1v) is 11.3. The predicted molar refractivity (Wildman–Crippen MR) is 115 cm³/mol. The summed E-state index contributed by atoms with van der Waals surface area (Å²) in [5.74, 6) is 0.196. The van der Waals surface area contributed by atoms with Crippen LogP contribution in [0.25, 0.3) is 11.4 Å². The van der Waals surface area contributed by atoms with Gasteiger partial charge >= 0.3 is 6.09 Å². The van der Waals surface area contributed by atoms with Gasteiger partial charge in [-0.15, -0.1) is 5.10 Å². The number of rotatable bonds is 6. The smallest absolute Gasteiger partial charge is 0.413 e. The summed E-state index contributed by atoms with van der Waals surface area (Å²) in [5.41, 5.74) is 1.12. The number of sulfonamides is 1. The Kier molecular flexibility index (Phi) is 6.62. The second kappa shape index (κ2) is 9.04. The second-order valence-corrected chi connectivity index (χ2v) is 8.84. The highest BCUT2D eigenvalue weighted by atomic mass is 35.5. The van der Waals surface area contributed by atoms with Crippen LogP contribution in [0.5, 0.6) is 0 Å². The SMILES string of the molecule is C[C@@H](OC(=O)Nc1c(-c2ccc(NS(C)(=O)=O)c(Cl)n2)nnn1C)c1cccnc1Cl. The minimum atomic E-state index is -3.53. The van der Waals surface area contributed by atoms with Crippen molar-refractivity contribution >= 4 is 50.8 Å². The van der Waals surface area contributed by atoms with Crippen molar-refractivity contribution in [3.63, 3.8) is 0 Å². The highest BCUT2D eigenvalue weighted by Crippen LogP contribution is 2.29. The number of hydrogen-bond donors (Lipinski definition) is 2. The number of pyridine rings is 2. The molecule has 0 aliphatic rings. The molecular weight excluding hydrogens is 469 g/mol. The number of nitrogens with zero attached hydrogens (tertiary/aromatic N) is 5. The molecule has 0 aromatic carbocycles. The zero-order valence-electron chi connectivity index (χ0n) is 16.5. The zero-order valence-corrected chi connectivity index (χ0v) is 18.8. The summed E-state index contributed by atoms with van der Waals surface area (Å²) in [6, 6.07) is 6.29. The molecule has 14 heteroatoms. The first-order chi connectivity index (χ1) is 14.5. The molecule has 0 saturated carbocycles. The third kappa shape index (κ3) is 5.60. The molecule has 3 rings (SSSR count).